The molecule has 118 valence electrons. The lowest BCUT2D eigenvalue weighted by atomic mass is 10.1. The lowest BCUT2D eigenvalue weighted by molar-refractivity contribution is -0.384. The zero-order chi connectivity index (χ0) is 16.9. The summed E-state index contributed by atoms with van der Waals surface area (Å²) in [6.45, 7) is 0. The maximum Gasteiger partial charge on any atom is 0.269 e. The number of rotatable bonds is 4. The number of nitro benzene ring substituents is 1. The van der Waals surface area contributed by atoms with Gasteiger partial charge in [0, 0.05) is 18.3 Å². The number of phenols is 1. The molecule has 0 saturated heterocycles. The van der Waals surface area contributed by atoms with E-state index in [1.807, 2.05) is 24.3 Å². The van der Waals surface area contributed by atoms with Crippen LogP contribution in [0.25, 0.3) is 11.1 Å². The first-order valence-electron chi connectivity index (χ1n) is 7.30. The summed E-state index contributed by atoms with van der Waals surface area (Å²) in [4.78, 5) is 14.6. The molecule has 0 saturated carbocycles. The van der Waals surface area contributed by atoms with Crippen LogP contribution in [0.3, 0.4) is 0 Å². The second-order valence-electron chi connectivity index (χ2n) is 5.20. The standard InChI is InChI=1S/C19H14N2O3/c22-19-11-1-14(2-12-19)13-20-17-7-3-15(4-8-17)16-5-9-18(10-6-16)21(23)24/h1-13,22H/b20-13+. The van der Waals surface area contributed by atoms with E-state index >= 15 is 0 Å². The normalized spacial score (nSPS) is 10.8. The molecule has 0 bridgehead atoms. The average molecular weight is 318 g/mol. The van der Waals surface area contributed by atoms with E-state index in [9.17, 15) is 15.2 Å². The predicted molar refractivity (Wildman–Crippen MR) is 93.9 cm³/mol. The van der Waals surface area contributed by atoms with Gasteiger partial charge in [-0.25, -0.2) is 0 Å². The van der Waals surface area contributed by atoms with Crippen molar-refractivity contribution in [3.8, 4) is 16.9 Å². The van der Waals surface area contributed by atoms with E-state index in [-0.39, 0.29) is 11.4 Å². The minimum absolute atomic E-state index is 0.0777. The smallest absolute Gasteiger partial charge is 0.269 e. The van der Waals surface area contributed by atoms with E-state index in [1.54, 1.807) is 42.6 Å². The fourth-order valence-corrected chi connectivity index (χ4v) is 2.23. The molecule has 5 heteroatoms. The number of aromatic hydroxyl groups is 1. The van der Waals surface area contributed by atoms with Gasteiger partial charge in [-0.15, -0.1) is 0 Å². The van der Waals surface area contributed by atoms with Crippen LogP contribution < -0.4 is 0 Å². The number of nitrogens with zero attached hydrogens (tertiary/aromatic N) is 2. The number of aliphatic imine (C=N–C) groups is 1. The van der Waals surface area contributed by atoms with Crippen LogP contribution in [0.2, 0.25) is 0 Å². The Morgan fingerprint density at radius 1 is 0.833 bits per heavy atom. The molecule has 0 atom stereocenters. The van der Waals surface area contributed by atoms with Crippen molar-refractivity contribution >= 4 is 17.6 Å². The van der Waals surface area contributed by atoms with E-state index in [2.05, 4.69) is 4.99 Å². The Morgan fingerprint density at radius 2 is 1.38 bits per heavy atom. The Labute approximate surface area is 138 Å². The molecule has 0 aromatic heterocycles. The molecule has 0 heterocycles. The van der Waals surface area contributed by atoms with Crippen LogP contribution in [0.4, 0.5) is 11.4 Å². The van der Waals surface area contributed by atoms with Crippen LogP contribution >= 0.6 is 0 Å². The summed E-state index contributed by atoms with van der Waals surface area (Å²) in [6, 6.07) is 20.8. The van der Waals surface area contributed by atoms with Crippen molar-refractivity contribution in [2.75, 3.05) is 0 Å². The summed E-state index contributed by atoms with van der Waals surface area (Å²) in [6.07, 6.45) is 1.72. The highest BCUT2D eigenvalue weighted by Gasteiger charge is 2.05. The number of hydrogen-bond donors (Lipinski definition) is 1. The number of nitro groups is 1. The van der Waals surface area contributed by atoms with Crippen LogP contribution in [-0.4, -0.2) is 16.2 Å². The van der Waals surface area contributed by atoms with Crippen LogP contribution in [0, 0.1) is 10.1 Å². The van der Waals surface area contributed by atoms with Crippen molar-refractivity contribution < 1.29 is 10.0 Å². The summed E-state index contributed by atoms with van der Waals surface area (Å²) < 4.78 is 0. The first-order chi connectivity index (χ1) is 11.6. The summed E-state index contributed by atoms with van der Waals surface area (Å²) in [5.74, 6) is 0.222. The van der Waals surface area contributed by atoms with E-state index in [0.29, 0.717) is 0 Å². The van der Waals surface area contributed by atoms with E-state index in [1.165, 1.54) is 12.1 Å². The van der Waals surface area contributed by atoms with Crippen molar-refractivity contribution in [3.05, 3.63) is 88.5 Å². The number of non-ortho nitro benzene ring substituents is 1. The molecule has 0 aliphatic rings. The van der Waals surface area contributed by atoms with Gasteiger partial charge in [-0.2, -0.15) is 0 Å². The van der Waals surface area contributed by atoms with E-state index in [4.69, 9.17) is 0 Å². The van der Waals surface area contributed by atoms with Crippen molar-refractivity contribution in [3.63, 3.8) is 0 Å². The van der Waals surface area contributed by atoms with Crippen LogP contribution in [0.1, 0.15) is 5.56 Å². The Hall–Kier alpha value is -3.47. The third-order valence-electron chi connectivity index (χ3n) is 3.53. The summed E-state index contributed by atoms with van der Waals surface area (Å²) in [7, 11) is 0. The molecule has 5 nitrogen and oxygen atoms in total. The third kappa shape index (κ3) is 3.64. The van der Waals surface area contributed by atoms with Crippen LogP contribution in [-0.2, 0) is 0 Å². The van der Waals surface area contributed by atoms with Crippen LogP contribution in [0.5, 0.6) is 5.75 Å². The summed E-state index contributed by atoms with van der Waals surface area (Å²) in [5.41, 5.74) is 3.65. The highest BCUT2D eigenvalue weighted by molar-refractivity contribution is 5.82. The van der Waals surface area contributed by atoms with Gasteiger partial charge in [-0.1, -0.05) is 12.1 Å². The molecule has 1 N–H and O–H groups in total. The third-order valence-corrected chi connectivity index (χ3v) is 3.53. The van der Waals surface area contributed by atoms with Crippen molar-refractivity contribution in [2.45, 2.75) is 0 Å². The van der Waals surface area contributed by atoms with Gasteiger partial charge in [0.2, 0.25) is 0 Å². The van der Waals surface area contributed by atoms with Gasteiger partial charge in [0.25, 0.3) is 5.69 Å². The monoisotopic (exact) mass is 318 g/mol. The minimum atomic E-state index is -0.412. The van der Waals surface area contributed by atoms with Gasteiger partial charge in [-0.3, -0.25) is 15.1 Å². The second-order valence-corrected chi connectivity index (χ2v) is 5.20. The molecule has 0 radical (unpaired) electrons. The average Bonchev–Trinajstić information content (AvgIpc) is 2.62. The zero-order valence-corrected chi connectivity index (χ0v) is 12.7. The highest BCUT2D eigenvalue weighted by Crippen LogP contribution is 2.24. The molecule has 24 heavy (non-hydrogen) atoms. The number of hydrogen-bond acceptors (Lipinski definition) is 4. The molecule has 3 aromatic rings. The number of phenolic OH excluding ortho intramolecular Hbond substituents is 1. The fraction of sp³-hybridized carbons (Fsp3) is 0. The maximum absolute atomic E-state index is 10.7. The molecule has 3 aromatic carbocycles. The largest absolute Gasteiger partial charge is 0.508 e. The Bertz CT molecular complexity index is 868. The van der Waals surface area contributed by atoms with Crippen molar-refractivity contribution in [1.82, 2.24) is 0 Å². The molecule has 0 aliphatic carbocycles. The van der Waals surface area contributed by atoms with Gasteiger partial charge >= 0.3 is 0 Å². The van der Waals surface area contributed by atoms with Crippen LogP contribution in [0.15, 0.2) is 77.8 Å². The van der Waals surface area contributed by atoms with Gasteiger partial charge in [-0.05, 0) is 65.2 Å². The quantitative estimate of drug-likeness (QED) is 0.429. The van der Waals surface area contributed by atoms with E-state index in [0.717, 1.165) is 22.4 Å². The molecular weight excluding hydrogens is 304 g/mol. The zero-order valence-electron chi connectivity index (χ0n) is 12.7. The van der Waals surface area contributed by atoms with Gasteiger partial charge in [0.15, 0.2) is 0 Å². The second kappa shape index (κ2) is 6.75. The first kappa shape index (κ1) is 15.4. The Balaban J connectivity index is 1.75. The molecule has 0 unspecified atom stereocenters. The SMILES string of the molecule is O=[N+]([O-])c1ccc(-c2ccc(/N=C/c3ccc(O)cc3)cc2)cc1. The first-order valence-corrected chi connectivity index (χ1v) is 7.30. The van der Waals surface area contributed by atoms with Gasteiger partial charge in [0.05, 0.1) is 10.6 Å². The molecule has 0 amide bonds. The molecular formula is C19H14N2O3. The minimum Gasteiger partial charge on any atom is -0.508 e. The maximum atomic E-state index is 10.7. The van der Waals surface area contributed by atoms with Gasteiger partial charge in [0.1, 0.15) is 5.75 Å². The predicted octanol–water partition coefficient (Wildman–Crippen LogP) is 4.72. The highest BCUT2D eigenvalue weighted by atomic mass is 16.6. The topological polar surface area (TPSA) is 75.7 Å². The van der Waals surface area contributed by atoms with Gasteiger partial charge < -0.3 is 5.11 Å². The molecule has 0 spiro atoms. The van der Waals surface area contributed by atoms with Crippen molar-refractivity contribution in [2.24, 2.45) is 4.99 Å². The van der Waals surface area contributed by atoms with E-state index < -0.39 is 4.92 Å². The lowest BCUT2D eigenvalue weighted by Gasteiger charge is -2.02. The Morgan fingerprint density at radius 3 is 1.92 bits per heavy atom. The molecule has 3 rings (SSSR count). The summed E-state index contributed by atoms with van der Waals surface area (Å²) >= 11 is 0. The number of benzene rings is 3. The molecule has 0 fully saturated rings. The molecule has 0 aliphatic heterocycles. The van der Waals surface area contributed by atoms with Crippen molar-refractivity contribution in [1.29, 1.82) is 0 Å². The fourth-order valence-electron chi connectivity index (χ4n) is 2.23. The lowest BCUT2D eigenvalue weighted by Crippen LogP contribution is -1.87. The summed E-state index contributed by atoms with van der Waals surface area (Å²) in [5, 5.41) is 19.9. The Kier molecular flexibility index (Phi) is 4.34.